The summed E-state index contributed by atoms with van der Waals surface area (Å²) in [6.45, 7) is 3.95. The number of nitrogens with zero attached hydrogens (tertiary/aromatic N) is 5. The van der Waals surface area contributed by atoms with Gasteiger partial charge in [0.1, 0.15) is 11.7 Å². The van der Waals surface area contributed by atoms with Gasteiger partial charge in [-0.3, -0.25) is 14.2 Å². The summed E-state index contributed by atoms with van der Waals surface area (Å²) in [6, 6.07) is -0.853. The van der Waals surface area contributed by atoms with Crippen LogP contribution >= 0.6 is 11.3 Å². The first-order valence-corrected chi connectivity index (χ1v) is 14.0. The lowest BCUT2D eigenvalue weighted by molar-refractivity contribution is -0.137. The van der Waals surface area contributed by atoms with Crippen LogP contribution in [0.15, 0.2) is 16.3 Å². The number of halogens is 3. The molecule has 1 fully saturated rings. The van der Waals surface area contributed by atoms with Gasteiger partial charge in [-0.05, 0) is 37.3 Å². The zero-order valence-corrected chi connectivity index (χ0v) is 22.8. The van der Waals surface area contributed by atoms with E-state index >= 15 is 0 Å². The Hall–Kier alpha value is -3.23. The Kier molecular flexibility index (Phi) is 6.33. The molecule has 0 saturated carbocycles. The van der Waals surface area contributed by atoms with Crippen molar-refractivity contribution in [2.75, 3.05) is 49.6 Å². The molecule has 40 heavy (non-hydrogen) atoms. The van der Waals surface area contributed by atoms with E-state index in [-0.39, 0.29) is 53.1 Å². The second-order valence-corrected chi connectivity index (χ2v) is 11.1. The molecule has 1 amide bonds. The van der Waals surface area contributed by atoms with Crippen molar-refractivity contribution in [3.05, 3.63) is 44.5 Å². The molecule has 3 aromatic rings. The van der Waals surface area contributed by atoms with Crippen LogP contribution in [0.3, 0.4) is 0 Å². The molecule has 0 radical (unpaired) electrons. The maximum Gasteiger partial charge on any atom is 0.417 e. The van der Waals surface area contributed by atoms with Crippen molar-refractivity contribution in [3.8, 4) is 0 Å². The van der Waals surface area contributed by atoms with Gasteiger partial charge in [-0.2, -0.15) is 22.7 Å². The Labute approximate surface area is 234 Å². The van der Waals surface area contributed by atoms with Crippen molar-refractivity contribution in [1.82, 2.24) is 24.5 Å². The Balaban J connectivity index is 1.46. The average Bonchev–Trinajstić information content (AvgIpc) is 3.59. The standard InChI is InChI=1S/C26H30F3N7O3S/c1-14-12-18(22(37)32-23-15(2)17(13-40-23)26(27,28)29)35-19(14)20(34-8-6-30-7-9-34)24(38)36-25(35)31-21(33-36)16-4-3-10-39-11-5-16/h5,13-14,18,30H,3-4,6-12H2,1-2H3,(H,32,37)/i10D2. The average molecular weight is 580 g/mol. The zero-order chi connectivity index (χ0) is 30.0. The number of allylic oxidation sites excluding steroid dienone is 1. The number of piperazine rings is 1. The van der Waals surface area contributed by atoms with Crippen LogP contribution in [0.4, 0.5) is 23.9 Å². The number of ether oxygens (including phenoxy) is 1. The molecule has 10 nitrogen and oxygen atoms in total. The smallest absolute Gasteiger partial charge is 0.377 e. The molecule has 6 heterocycles. The molecule has 0 aliphatic carbocycles. The summed E-state index contributed by atoms with van der Waals surface area (Å²) < 4.78 is 64.2. The van der Waals surface area contributed by atoms with Gasteiger partial charge < -0.3 is 20.3 Å². The van der Waals surface area contributed by atoms with E-state index < -0.39 is 30.2 Å². The molecule has 2 unspecified atom stereocenters. The number of hydrogen-bond acceptors (Lipinski definition) is 8. The first-order valence-electron chi connectivity index (χ1n) is 14.2. The fourth-order valence-electron chi connectivity index (χ4n) is 5.68. The van der Waals surface area contributed by atoms with Crippen molar-refractivity contribution in [1.29, 1.82) is 0 Å². The molecule has 2 atom stereocenters. The zero-order valence-electron chi connectivity index (χ0n) is 24.0. The highest BCUT2D eigenvalue weighted by atomic mass is 32.1. The Morgan fingerprint density at radius 1 is 1.32 bits per heavy atom. The lowest BCUT2D eigenvalue weighted by atomic mass is 10.0. The number of amides is 1. The third-order valence-electron chi connectivity index (χ3n) is 7.67. The monoisotopic (exact) mass is 579 g/mol. The second-order valence-electron chi connectivity index (χ2n) is 10.2. The van der Waals surface area contributed by atoms with E-state index in [1.165, 1.54) is 11.4 Å². The summed E-state index contributed by atoms with van der Waals surface area (Å²) in [4.78, 5) is 34.4. The third-order valence-corrected chi connectivity index (χ3v) is 8.67. The highest BCUT2D eigenvalue weighted by molar-refractivity contribution is 7.14. The molecule has 3 aromatic heterocycles. The first kappa shape index (κ1) is 24.6. The molecule has 1 saturated heterocycles. The number of nitrogens with one attached hydrogen (secondary N) is 2. The number of rotatable bonds is 4. The van der Waals surface area contributed by atoms with E-state index in [0.29, 0.717) is 49.6 Å². The van der Waals surface area contributed by atoms with E-state index in [0.717, 1.165) is 16.7 Å². The molecule has 0 aromatic carbocycles. The van der Waals surface area contributed by atoms with Crippen LogP contribution < -0.4 is 21.1 Å². The largest absolute Gasteiger partial charge is 0.417 e. The molecule has 2 N–H and O–H groups in total. The number of thiophene rings is 1. The van der Waals surface area contributed by atoms with Gasteiger partial charge in [-0.15, -0.1) is 16.4 Å². The molecule has 0 bridgehead atoms. The Morgan fingerprint density at radius 2 is 2.10 bits per heavy atom. The van der Waals surface area contributed by atoms with Gasteiger partial charge in [0.05, 0.1) is 25.6 Å². The summed E-state index contributed by atoms with van der Waals surface area (Å²) in [5, 5.41) is 11.6. The number of anilines is 2. The van der Waals surface area contributed by atoms with Gasteiger partial charge in [-0.1, -0.05) is 13.0 Å². The van der Waals surface area contributed by atoms with Crippen molar-refractivity contribution in [3.63, 3.8) is 0 Å². The van der Waals surface area contributed by atoms with Gasteiger partial charge in [0, 0.05) is 44.0 Å². The van der Waals surface area contributed by atoms with E-state index in [2.05, 4.69) is 20.7 Å². The summed E-state index contributed by atoms with van der Waals surface area (Å²) in [5.41, 5.74) is 0.493. The normalized spacial score (nSPS) is 23.8. The maximum absolute atomic E-state index is 14.0. The van der Waals surface area contributed by atoms with Gasteiger partial charge in [0.15, 0.2) is 5.82 Å². The number of alkyl halides is 3. The van der Waals surface area contributed by atoms with Crippen LogP contribution in [-0.4, -0.2) is 64.4 Å². The van der Waals surface area contributed by atoms with Crippen molar-refractivity contribution in [2.24, 2.45) is 0 Å². The quantitative estimate of drug-likeness (QED) is 0.487. The predicted octanol–water partition coefficient (Wildman–Crippen LogP) is 3.57. The Bertz CT molecular complexity index is 1640. The van der Waals surface area contributed by atoms with Gasteiger partial charge in [-0.25, -0.2) is 0 Å². The van der Waals surface area contributed by atoms with Crippen LogP contribution in [-0.2, 0) is 15.7 Å². The summed E-state index contributed by atoms with van der Waals surface area (Å²) in [5.74, 6) is -0.336. The van der Waals surface area contributed by atoms with Crippen molar-refractivity contribution >= 4 is 39.3 Å². The van der Waals surface area contributed by atoms with Crippen LogP contribution in [0.2, 0.25) is 0 Å². The van der Waals surface area contributed by atoms with E-state index in [1.54, 1.807) is 10.6 Å². The molecular weight excluding hydrogens is 547 g/mol. The molecule has 6 rings (SSSR count). The fraction of sp³-hybridized carbons (Fsp3) is 0.538. The first-order chi connectivity index (χ1) is 19.9. The fourth-order valence-corrected chi connectivity index (χ4v) is 6.68. The van der Waals surface area contributed by atoms with Crippen LogP contribution in [0.25, 0.3) is 11.4 Å². The number of carbonyl (C=O) groups excluding carboxylic acids is 1. The molecule has 3 aliphatic heterocycles. The number of hydrogen-bond donors (Lipinski definition) is 2. The van der Waals surface area contributed by atoms with E-state index in [9.17, 15) is 22.8 Å². The summed E-state index contributed by atoms with van der Waals surface area (Å²) >= 11 is 0.819. The number of carbonyl (C=O) groups is 1. The molecular formula is C26H30F3N7O3S. The SMILES string of the molecule is [2H]C1([2H])CCC(c2nc3n4c(c(N5CCNCC5)c(=O)n3n2)C(C)CC4C(=O)Nc2scc(C(F)(F)F)c2C)=CCO1. The van der Waals surface area contributed by atoms with Crippen LogP contribution in [0.1, 0.15) is 63.5 Å². The summed E-state index contributed by atoms with van der Waals surface area (Å²) in [6.07, 6.45) is -2.15. The molecule has 0 spiro atoms. The van der Waals surface area contributed by atoms with E-state index in [4.69, 9.17) is 7.48 Å². The lowest BCUT2D eigenvalue weighted by Gasteiger charge is -2.31. The highest BCUT2D eigenvalue weighted by Gasteiger charge is 2.41. The minimum Gasteiger partial charge on any atom is -0.377 e. The van der Waals surface area contributed by atoms with Crippen molar-refractivity contribution in [2.45, 2.75) is 51.2 Å². The summed E-state index contributed by atoms with van der Waals surface area (Å²) in [7, 11) is 0. The Morgan fingerprint density at radius 3 is 2.83 bits per heavy atom. The number of fused-ring (bicyclic) bond motifs is 3. The lowest BCUT2D eigenvalue weighted by Crippen LogP contribution is -2.46. The topological polar surface area (TPSA) is 106 Å². The molecule has 14 heteroatoms. The van der Waals surface area contributed by atoms with Crippen LogP contribution in [0, 0.1) is 6.92 Å². The van der Waals surface area contributed by atoms with Gasteiger partial charge >= 0.3 is 6.18 Å². The molecule has 214 valence electrons. The van der Waals surface area contributed by atoms with Crippen molar-refractivity contribution < 1.29 is 25.4 Å². The van der Waals surface area contributed by atoms with E-state index in [1.807, 2.05) is 11.8 Å². The predicted molar refractivity (Wildman–Crippen MR) is 145 cm³/mol. The van der Waals surface area contributed by atoms with Crippen LogP contribution in [0.5, 0.6) is 0 Å². The minimum atomic E-state index is -4.53. The maximum atomic E-state index is 14.0. The minimum absolute atomic E-state index is 0.0154. The molecule has 3 aliphatic rings. The third kappa shape index (κ3) is 4.61. The second kappa shape index (κ2) is 10.3. The van der Waals surface area contributed by atoms with Gasteiger partial charge in [0.2, 0.25) is 11.7 Å². The highest BCUT2D eigenvalue weighted by Crippen LogP contribution is 2.43. The number of aromatic nitrogens is 4. The van der Waals surface area contributed by atoms with Gasteiger partial charge in [0.25, 0.3) is 5.56 Å².